The van der Waals surface area contributed by atoms with Crippen LogP contribution in [0.15, 0.2) is 12.3 Å². The second kappa shape index (κ2) is 10.1. The molecule has 86 valence electrons. The van der Waals surface area contributed by atoms with E-state index in [0.29, 0.717) is 6.04 Å². The van der Waals surface area contributed by atoms with Crippen LogP contribution in [0.25, 0.3) is 0 Å². The SMILES string of the molecule is C=C[Si](C[CH2-])(OC(C)C)OC(C)C.[Cl-].[Mg+2]. The molecule has 15 heavy (non-hydrogen) atoms. The Kier molecular flexibility index (Phi) is 14.3. The van der Waals surface area contributed by atoms with Gasteiger partial charge < -0.3 is 28.2 Å². The van der Waals surface area contributed by atoms with Gasteiger partial charge >= 0.3 is 31.6 Å². The molecule has 0 N–H and O–H groups in total. The molecule has 0 amide bonds. The first-order valence-corrected chi connectivity index (χ1v) is 6.84. The Morgan fingerprint density at radius 2 is 1.53 bits per heavy atom. The monoisotopic (exact) mass is 260 g/mol. The van der Waals surface area contributed by atoms with Crippen molar-refractivity contribution in [2.75, 3.05) is 0 Å². The summed E-state index contributed by atoms with van der Waals surface area (Å²) in [6.45, 7) is 15.7. The molecule has 0 aliphatic carbocycles. The zero-order chi connectivity index (χ0) is 10.5. The van der Waals surface area contributed by atoms with Crippen molar-refractivity contribution in [3.8, 4) is 0 Å². The first-order valence-electron chi connectivity index (χ1n) is 4.74. The van der Waals surface area contributed by atoms with Crippen molar-refractivity contribution >= 4 is 31.6 Å². The molecule has 2 nitrogen and oxygen atoms in total. The van der Waals surface area contributed by atoms with Gasteiger partial charge in [0, 0.05) is 12.2 Å². The normalized spacial score (nSPS) is 10.9. The van der Waals surface area contributed by atoms with Crippen LogP contribution in [0.4, 0.5) is 0 Å². The van der Waals surface area contributed by atoms with E-state index in [1.54, 1.807) is 0 Å². The van der Waals surface area contributed by atoms with Gasteiger partial charge in [-0.3, -0.25) is 0 Å². The molecule has 0 aromatic heterocycles. The standard InChI is InChI=1S/C10H21O2Si.ClH.Mg/c1-7-13(8-2,11-9(3)4)12-10(5)6;;/h7,9-10H,1-2,8H2,3-6H3;1H;/q-1;;+2/p-1. The van der Waals surface area contributed by atoms with E-state index in [-0.39, 0.29) is 47.7 Å². The van der Waals surface area contributed by atoms with Crippen molar-refractivity contribution in [1.29, 1.82) is 0 Å². The van der Waals surface area contributed by atoms with E-state index < -0.39 is 8.56 Å². The van der Waals surface area contributed by atoms with E-state index in [2.05, 4.69) is 13.5 Å². The van der Waals surface area contributed by atoms with E-state index in [1.165, 1.54) is 0 Å². The number of halogens is 1. The molecule has 0 aliphatic rings. The predicted octanol–water partition coefficient (Wildman–Crippen LogP) is -0.539. The second-order valence-corrected chi connectivity index (χ2v) is 6.60. The minimum Gasteiger partial charge on any atom is -1.00 e. The molecule has 0 aromatic carbocycles. The summed E-state index contributed by atoms with van der Waals surface area (Å²) in [5.74, 6) is 0. The van der Waals surface area contributed by atoms with Crippen molar-refractivity contribution < 1.29 is 21.3 Å². The van der Waals surface area contributed by atoms with Crippen LogP contribution < -0.4 is 12.4 Å². The van der Waals surface area contributed by atoms with Gasteiger partial charge in [0.1, 0.15) is 0 Å². The molecule has 0 rings (SSSR count). The van der Waals surface area contributed by atoms with Crippen LogP contribution in [-0.4, -0.2) is 43.8 Å². The first-order chi connectivity index (χ1) is 5.95. The third-order valence-electron chi connectivity index (χ3n) is 1.53. The largest absolute Gasteiger partial charge is 2.00 e. The Hall–Kier alpha value is 0.933. The summed E-state index contributed by atoms with van der Waals surface area (Å²) in [6, 6.07) is 0.673. The summed E-state index contributed by atoms with van der Waals surface area (Å²) in [5, 5.41) is 0. The van der Waals surface area contributed by atoms with E-state index in [0.717, 1.165) is 0 Å². The summed E-state index contributed by atoms with van der Waals surface area (Å²) in [6.07, 6.45) is 0.343. The molecule has 0 unspecified atom stereocenters. The van der Waals surface area contributed by atoms with Gasteiger partial charge in [-0.2, -0.15) is 0 Å². The van der Waals surface area contributed by atoms with Gasteiger partial charge in [-0.05, 0) is 27.7 Å². The molecule has 0 spiro atoms. The topological polar surface area (TPSA) is 18.5 Å². The smallest absolute Gasteiger partial charge is 1.00 e. The first kappa shape index (κ1) is 21.2. The third-order valence-corrected chi connectivity index (χ3v) is 4.59. The van der Waals surface area contributed by atoms with E-state index in [9.17, 15) is 0 Å². The van der Waals surface area contributed by atoms with Crippen LogP contribution in [0.1, 0.15) is 27.7 Å². The maximum absolute atomic E-state index is 5.78. The van der Waals surface area contributed by atoms with E-state index >= 15 is 0 Å². The molecule has 5 heteroatoms. The fourth-order valence-electron chi connectivity index (χ4n) is 1.14. The Morgan fingerprint density at radius 3 is 1.67 bits per heavy atom. The predicted molar refractivity (Wildman–Crippen MR) is 64.3 cm³/mol. The fourth-order valence-corrected chi connectivity index (χ4v) is 3.43. The van der Waals surface area contributed by atoms with Gasteiger partial charge in [-0.1, -0.05) is 5.70 Å². The van der Waals surface area contributed by atoms with Crippen molar-refractivity contribution in [1.82, 2.24) is 0 Å². The summed E-state index contributed by atoms with van der Waals surface area (Å²) in [7, 11) is -2.22. The number of hydrogen-bond acceptors (Lipinski definition) is 2. The minimum atomic E-state index is -2.22. The summed E-state index contributed by atoms with van der Waals surface area (Å²) < 4.78 is 11.6. The van der Waals surface area contributed by atoms with Gasteiger partial charge in [-0.15, -0.1) is 12.6 Å². The van der Waals surface area contributed by atoms with Crippen LogP contribution >= 0.6 is 0 Å². The Morgan fingerprint density at radius 1 is 1.20 bits per heavy atom. The minimum absolute atomic E-state index is 0. The quantitative estimate of drug-likeness (QED) is 0.472. The molecule has 0 fully saturated rings. The molecule has 0 heterocycles. The van der Waals surface area contributed by atoms with Gasteiger partial charge in [0.05, 0.1) is 0 Å². The van der Waals surface area contributed by atoms with Crippen molar-refractivity contribution in [2.24, 2.45) is 0 Å². The molecule has 0 atom stereocenters. The van der Waals surface area contributed by atoms with Crippen LogP contribution in [-0.2, 0) is 8.85 Å². The molecule has 0 aliphatic heterocycles. The average Bonchev–Trinajstić information content (AvgIpc) is 2.01. The molecule has 0 saturated heterocycles. The zero-order valence-corrected chi connectivity index (χ0v) is 13.4. The van der Waals surface area contributed by atoms with Crippen LogP contribution in [0, 0.1) is 6.92 Å². The molecular weight excluding hydrogens is 240 g/mol. The number of hydrogen-bond donors (Lipinski definition) is 0. The Labute approximate surface area is 118 Å². The summed E-state index contributed by atoms with van der Waals surface area (Å²) in [4.78, 5) is 0. The van der Waals surface area contributed by atoms with Crippen LogP contribution in [0.5, 0.6) is 0 Å². The number of rotatable bonds is 6. The third kappa shape index (κ3) is 8.71. The second-order valence-electron chi connectivity index (χ2n) is 3.60. The maximum Gasteiger partial charge on any atom is 2.00 e. The van der Waals surface area contributed by atoms with Crippen LogP contribution in [0.3, 0.4) is 0 Å². The Bertz CT molecular complexity index is 156. The van der Waals surface area contributed by atoms with Gasteiger partial charge in [-0.25, -0.2) is 0 Å². The van der Waals surface area contributed by atoms with Crippen molar-refractivity contribution in [3.63, 3.8) is 0 Å². The molecule has 0 radical (unpaired) electrons. The Balaban J connectivity index is -0.000000720. The molecule has 0 saturated carbocycles. The van der Waals surface area contributed by atoms with Gasteiger partial charge in [0.2, 0.25) is 0 Å². The van der Waals surface area contributed by atoms with Crippen molar-refractivity contribution in [3.05, 3.63) is 19.2 Å². The zero-order valence-electron chi connectivity index (χ0n) is 10.3. The molecule has 0 aromatic rings. The van der Waals surface area contributed by atoms with E-state index in [4.69, 9.17) is 8.85 Å². The summed E-state index contributed by atoms with van der Waals surface area (Å²) in [5.41, 5.74) is 1.82. The van der Waals surface area contributed by atoms with Gasteiger partial charge in [0.15, 0.2) is 0 Å². The fraction of sp³-hybridized carbons (Fsp3) is 0.700. The summed E-state index contributed by atoms with van der Waals surface area (Å²) >= 11 is 0. The van der Waals surface area contributed by atoms with Gasteiger partial charge in [0.25, 0.3) is 0 Å². The maximum atomic E-state index is 5.78. The average molecular weight is 261 g/mol. The van der Waals surface area contributed by atoms with Crippen LogP contribution in [0.2, 0.25) is 6.04 Å². The molecule has 0 bridgehead atoms. The van der Waals surface area contributed by atoms with E-state index in [1.807, 2.05) is 33.4 Å². The van der Waals surface area contributed by atoms with Crippen molar-refractivity contribution in [2.45, 2.75) is 45.9 Å². The molecular formula is C10H21ClMgO2Si.